The maximum Gasteiger partial charge on any atom is 0.416 e. The molecule has 1 N–H and O–H groups in total. The van der Waals surface area contributed by atoms with Crippen molar-refractivity contribution in [3.63, 3.8) is 0 Å². The van der Waals surface area contributed by atoms with E-state index in [1.54, 1.807) is 43.3 Å². The zero-order chi connectivity index (χ0) is 29.6. The molecular weight excluding hydrogens is 555 g/mol. The molecule has 0 saturated heterocycles. The fraction of sp³-hybridized carbons (Fsp3) is 0.333. The molecule has 41 heavy (non-hydrogen) atoms. The van der Waals surface area contributed by atoms with Crippen molar-refractivity contribution in [2.24, 2.45) is 0 Å². The lowest BCUT2D eigenvalue weighted by Gasteiger charge is -2.32. The number of nitrogens with one attached hydrogen (secondary N) is 1. The molecule has 3 aromatic rings. The van der Waals surface area contributed by atoms with Gasteiger partial charge < -0.3 is 10.2 Å². The molecule has 11 heteroatoms. The fourth-order valence-corrected chi connectivity index (χ4v) is 6.27. The molecule has 218 valence electrons. The van der Waals surface area contributed by atoms with Crippen molar-refractivity contribution in [3.8, 4) is 0 Å². The van der Waals surface area contributed by atoms with E-state index in [9.17, 15) is 31.2 Å². The Labute approximate surface area is 238 Å². The van der Waals surface area contributed by atoms with Crippen LogP contribution in [0.4, 0.5) is 18.9 Å². The Balaban J connectivity index is 1.71. The lowest BCUT2D eigenvalue weighted by atomic mass is 10.1. The van der Waals surface area contributed by atoms with E-state index in [0.717, 1.165) is 37.8 Å². The van der Waals surface area contributed by atoms with Gasteiger partial charge in [0.1, 0.15) is 12.6 Å². The monoisotopic (exact) mass is 587 g/mol. The van der Waals surface area contributed by atoms with Gasteiger partial charge in [0, 0.05) is 12.6 Å². The van der Waals surface area contributed by atoms with E-state index >= 15 is 0 Å². The second-order valence-electron chi connectivity index (χ2n) is 10.0. The van der Waals surface area contributed by atoms with Crippen molar-refractivity contribution < 1.29 is 31.2 Å². The molecule has 1 aliphatic rings. The fourth-order valence-electron chi connectivity index (χ4n) is 4.84. The number of rotatable bonds is 10. The second kappa shape index (κ2) is 12.8. The lowest BCUT2D eigenvalue weighted by molar-refractivity contribution is -0.139. The highest BCUT2D eigenvalue weighted by Crippen LogP contribution is 2.33. The standard InChI is InChI=1S/C30H32F3N3O4S/c1-22(29(38)34-25-14-8-9-15-25)35(20-23-11-4-2-5-12-23)28(37)21-36(41(39,40)27-17-6-3-7-18-27)26-16-10-13-24(19-26)30(31,32)33/h2-7,10-13,16-19,22,25H,8-9,14-15,20-21H2,1H3,(H,34,38)/t22-/m0/s1. The molecule has 3 aromatic carbocycles. The van der Waals surface area contributed by atoms with Gasteiger partial charge in [0.25, 0.3) is 10.0 Å². The van der Waals surface area contributed by atoms with Crippen LogP contribution in [-0.4, -0.2) is 43.8 Å². The number of sulfonamides is 1. The number of nitrogens with zero attached hydrogens (tertiary/aromatic N) is 2. The maximum absolute atomic E-state index is 13.9. The number of anilines is 1. The van der Waals surface area contributed by atoms with Gasteiger partial charge in [0.2, 0.25) is 11.8 Å². The van der Waals surface area contributed by atoms with Gasteiger partial charge in [0.15, 0.2) is 0 Å². The average Bonchev–Trinajstić information content (AvgIpc) is 3.47. The highest BCUT2D eigenvalue weighted by molar-refractivity contribution is 7.92. The zero-order valence-electron chi connectivity index (χ0n) is 22.5. The highest BCUT2D eigenvalue weighted by Gasteiger charge is 2.35. The van der Waals surface area contributed by atoms with Crippen molar-refractivity contribution in [1.82, 2.24) is 10.2 Å². The first-order chi connectivity index (χ1) is 19.5. The van der Waals surface area contributed by atoms with Crippen LogP contribution in [0.3, 0.4) is 0 Å². The smallest absolute Gasteiger partial charge is 0.352 e. The van der Waals surface area contributed by atoms with E-state index in [4.69, 9.17) is 0 Å². The van der Waals surface area contributed by atoms with E-state index in [1.165, 1.54) is 35.2 Å². The number of hydrogen-bond donors (Lipinski definition) is 1. The van der Waals surface area contributed by atoms with Gasteiger partial charge in [-0.25, -0.2) is 8.42 Å². The van der Waals surface area contributed by atoms with Crippen LogP contribution in [0.25, 0.3) is 0 Å². The van der Waals surface area contributed by atoms with Crippen molar-refractivity contribution in [2.75, 3.05) is 10.8 Å². The first-order valence-electron chi connectivity index (χ1n) is 13.4. The first-order valence-corrected chi connectivity index (χ1v) is 14.8. The Bertz CT molecular complexity index is 1440. The summed E-state index contributed by atoms with van der Waals surface area (Å²) < 4.78 is 68.8. The summed E-state index contributed by atoms with van der Waals surface area (Å²) >= 11 is 0. The predicted molar refractivity (Wildman–Crippen MR) is 149 cm³/mol. The summed E-state index contributed by atoms with van der Waals surface area (Å²) in [4.78, 5) is 28.2. The molecule has 1 fully saturated rings. The minimum Gasteiger partial charge on any atom is -0.352 e. The first kappa shape index (κ1) is 30.1. The van der Waals surface area contributed by atoms with Crippen LogP contribution in [0, 0.1) is 0 Å². The number of carbonyl (C=O) groups excluding carboxylic acids is 2. The van der Waals surface area contributed by atoms with Crippen molar-refractivity contribution in [2.45, 2.75) is 62.3 Å². The maximum atomic E-state index is 13.9. The van der Waals surface area contributed by atoms with Crippen LogP contribution in [0.5, 0.6) is 0 Å². The molecule has 0 aromatic heterocycles. The third kappa shape index (κ3) is 7.46. The van der Waals surface area contributed by atoms with E-state index in [1.807, 2.05) is 0 Å². The van der Waals surface area contributed by atoms with Gasteiger partial charge in [-0.2, -0.15) is 13.2 Å². The summed E-state index contributed by atoms with van der Waals surface area (Å²) in [5.41, 5.74) is -0.668. The van der Waals surface area contributed by atoms with Crippen LogP contribution < -0.4 is 9.62 Å². The van der Waals surface area contributed by atoms with Crippen molar-refractivity contribution in [3.05, 3.63) is 96.1 Å². The van der Waals surface area contributed by atoms with Gasteiger partial charge in [0.05, 0.1) is 16.1 Å². The van der Waals surface area contributed by atoms with Crippen LogP contribution in [0.2, 0.25) is 0 Å². The number of alkyl halides is 3. The molecule has 0 unspecified atom stereocenters. The molecule has 0 bridgehead atoms. The molecule has 0 spiro atoms. The van der Waals surface area contributed by atoms with Gasteiger partial charge in [-0.05, 0) is 55.7 Å². The second-order valence-corrected chi connectivity index (χ2v) is 11.9. The number of carbonyl (C=O) groups is 2. The number of hydrogen-bond acceptors (Lipinski definition) is 4. The average molecular weight is 588 g/mol. The molecule has 4 rings (SSSR count). The molecule has 0 aliphatic heterocycles. The third-order valence-electron chi connectivity index (χ3n) is 7.14. The number of halogens is 3. The van der Waals surface area contributed by atoms with E-state index in [2.05, 4.69) is 5.32 Å². The lowest BCUT2D eigenvalue weighted by Crippen LogP contribution is -2.52. The van der Waals surface area contributed by atoms with Gasteiger partial charge in [-0.15, -0.1) is 0 Å². The molecule has 1 saturated carbocycles. The normalized spacial score (nSPS) is 14.8. The third-order valence-corrected chi connectivity index (χ3v) is 8.92. The summed E-state index contributed by atoms with van der Waals surface area (Å²) in [5.74, 6) is -1.11. The number of amides is 2. The minimum absolute atomic E-state index is 0.000736. The summed E-state index contributed by atoms with van der Waals surface area (Å²) in [5, 5.41) is 2.98. The van der Waals surface area contributed by atoms with Gasteiger partial charge in [-0.3, -0.25) is 13.9 Å². The van der Waals surface area contributed by atoms with Crippen molar-refractivity contribution in [1.29, 1.82) is 0 Å². The molecule has 1 atom stereocenters. The van der Waals surface area contributed by atoms with Crippen LogP contribution in [-0.2, 0) is 32.3 Å². The molecule has 7 nitrogen and oxygen atoms in total. The Morgan fingerprint density at radius 2 is 1.54 bits per heavy atom. The van der Waals surface area contributed by atoms with Crippen LogP contribution in [0.1, 0.15) is 43.7 Å². The van der Waals surface area contributed by atoms with Crippen LogP contribution in [0.15, 0.2) is 89.8 Å². The summed E-state index contributed by atoms with van der Waals surface area (Å²) in [6.07, 6.45) is -1.06. The molecule has 2 amide bonds. The Morgan fingerprint density at radius 3 is 2.15 bits per heavy atom. The van der Waals surface area contributed by atoms with E-state index in [0.29, 0.717) is 15.9 Å². The van der Waals surface area contributed by atoms with Crippen LogP contribution >= 0.6 is 0 Å². The summed E-state index contributed by atoms with van der Waals surface area (Å²) in [6, 6.07) is 18.9. The topological polar surface area (TPSA) is 86.8 Å². The SMILES string of the molecule is C[C@@H](C(=O)NC1CCCC1)N(Cc1ccccc1)C(=O)CN(c1cccc(C(F)(F)F)c1)S(=O)(=O)c1ccccc1. The quantitative estimate of drug-likeness (QED) is 0.345. The molecular formula is C30H32F3N3O4S. The Morgan fingerprint density at radius 1 is 0.927 bits per heavy atom. The molecule has 0 radical (unpaired) electrons. The summed E-state index contributed by atoms with van der Waals surface area (Å²) in [6.45, 7) is 0.749. The highest BCUT2D eigenvalue weighted by atomic mass is 32.2. The Kier molecular flexibility index (Phi) is 9.37. The van der Waals surface area contributed by atoms with Gasteiger partial charge >= 0.3 is 6.18 Å². The molecule has 0 heterocycles. The van der Waals surface area contributed by atoms with E-state index < -0.39 is 40.3 Å². The molecule has 1 aliphatic carbocycles. The zero-order valence-corrected chi connectivity index (χ0v) is 23.4. The predicted octanol–water partition coefficient (Wildman–Crippen LogP) is 5.38. The largest absolute Gasteiger partial charge is 0.416 e. The van der Waals surface area contributed by atoms with E-state index in [-0.39, 0.29) is 29.1 Å². The number of benzene rings is 3. The summed E-state index contributed by atoms with van der Waals surface area (Å²) in [7, 11) is -4.46. The Hall–Kier alpha value is -3.86. The van der Waals surface area contributed by atoms with Gasteiger partial charge in [-0.1, -0.05) is 67.4 Å². The minimum atomic E-state index is -4.73. The van der Waals surface area contributed by atoms with Crippen molar-refractivity contribution >= 4 is 27.5 Å².